The number of sulfonamides is 1. The number of anilines is 2. The molecule has 0 fully saturated rings. The van der Waals surface area contributed by atoms with Gasteiger partial charge in [-0.05, 0) is 43.2 Å². The van der Waals surface area contributed by atoms with Gasteiger partial charge in [-0.3, -0.25) is 9.52 Å². The number of ether oxygens (including phenoxy) is 1. The summed E-state index contributed by atoms with van der Waals surface area (Å²) in [7, 11) is -3.77. The second-order valence-corrected chi connectivity index (χ2v) is 7.21. The van der Waals surface area contributed by atoms with E-state index in [9.17, 15) is 13.2 Å². The zero-order chi connectivity index (χ0) is 17.3. The summed E-state index contributed by atoms with van der Waals surface area (Å²) in [5.41, 5.74) is 1.81. The second-order valence-electron chi connectivity index (χ2n) is 5.52. The number of amides is 1. The monoisotopic (exact) mass is 346 g/mol. The molecule has 24 heavy (non-hydrogen) atoms. The van der Waals surface area contributed by atoms with E-state index in [0.29, 0.717) is 23.5 Å². The topological polar surface area (TPSA) is 84.5 Å². The Balaban J connectivity index is 1.93. The van der Waals surface area contributed by atoms with Crippen LogP contribution >= 0.6 is 0 Å². The van der Waals surface area contributed by atoms with Crippen LogP contribution in [0.4, 0.5) is 11.4 Å². The minimum atomic E-state index is -3.77. The highest BCUT2D eigenvalue weighted by Crippen LogP contribution is 2.32. The molecule has 0 aromatic heterocycles. The fourth-order valence-electron chi connectivity index (χ4n) is 2.49. The fourth-order valence-corrected chi connectivity index (χ4v) is 3.61. The van der Waals surface area contributed by atoms with Gasteiger partial charge in [0, 0.05) is 0 Å². The molecule has 2 aromatic rings. The van der Waals surface area contributed by atoms with E-state index >= 15 is 0 Å². The van der Waals surface area contributed by atoms with Crippen LogP contribution in [0.1, 0.15) is 19.4 Å². The van der Waals surface area contributed by atoms with Crippen LogP contribution in [-0.2, 0) is 21.2 Å². The molecule has 1 amide bonds. The maximum Gasteiger partial charge on any atom is 0.265 e. The number of fused-ring (bicyclic) bond motifs is 1. The van der Waals surface area contributed by atoms with Crippen LogP contribution in [0.15, 0.2) is 47.4 Å². The molecule has 1 aliphatic rings. The van der Waals surface area contributed by atoms with Gasteiger partial charge in [-0.2, -0.15) is 0 Å². The molecule has 0 bridgehead atoms. The number of rotatable bonds is 4. The Hall–Kier alpha value is -2.54. The molecule has 3 rings (SSSR count). The Morgan fingerprint density at radius 2 is 1.96 bits per heavy atom. The van der Waals surface area contributed by atoms with Gasteiger partial charge in [0.05, 0.1) is 16.3 Å². The summed E-state index contributed by atoms with van der Waals surface area (Å²) in [6, 6.07) is 11.6. The number of aryl methyl sites for hydroxylation is 1. The van der Waals surface area contributed by atoms with Gasteiger partial charge in [0.15, 0.2) is 6.10 Å². The Morgan fingerprint density at radius 1 is 1.21 bits per heavy atom. The van der Waals surface area contributed by atoms with Crippen LogP contribution in [0.5, 0.6) is 5.75 Å². The summed E-state index contributed by atoms with van der Waals surface area (Å²) >= 11 is 0. The lowest BCUT2D eigenvalue weighted by Crippen LogP contribution is -2.34. The van der Waals surface area contributed by atoms with Crippen LogP contribution in [0, 0.1) is 0 Å². The zero-order valence-electron chi connectivity index (χ0n) is 13.4. The van der Waals surface area contributed by atoms with E-state index in [4.69, 9.17) is 4.74 Å². The van der Waals surface area contributed by atoms with Crippen molar-refractivity contribution in [1.82, 2.24) is 0 Å². The largest absolute Gasteiger partial charge is 0.479 e. The molecule has 6 nitrogen and oxygen atoms in total. The highest BCUT2D eigenvalue weighted by Gasteiger charge is 2.25. The van der Waals surface area contributed by atoms with Crippen LogP contribution in [-0.4, -0.2) is 20.4 Å². The van der Waals surface area contributed by atoms with Crippen molar-refractivity contribution in [3.05, 3.63) is 48.0 Å². The van der Waals surface area contributed by atoms with Crippen molar-refractivity contribution in [1.29, 1.82) is 0 Å². The Labute approximate surface area is 140 Å². The SMILES string of the molecule is CCc1ccccc1NS(=O)(=O)c1ccc2c(c1)NC(=O)C(C)O2. The fraction of sp³-hybridized carbons (Fsp3) is 0.235. The lowest BCUT2D eigenvalue weighted by atomic mass is 10.1. The molecule has 1 atom stereocenters. The van der Waals surface area contributed by atoms with Crippen molar-refractivity contribution in [3.8, 4) is 5.75 Å². The normalized spacial score (nSPS) is 16.8. The highest BCUT2D eigenvalue weighted by molar-refractivity contribution is 7.92. The van der Waals surface area contributed by atoms with Crippen LogP contribution < -0.4 is 14.8 Å². The third kappa shape index (κ3) is 3.07. The first kappa shape index (κ1) is 16.3. The van der Waals surface area contributed by atoms with E-state index in [1.807, 2.05) is 19.1 Å². The third-order valence-corrected chi connectivity index (χ3v) is 5.20. The van der Waals surface area contributed by atoms with Gasteiger partial charge in [-0.25, -0.2) is 8.42 Å². The Bertz CT molecular complexity index is 893. The number of hydrogen-bond donors (Lipinski definition) is 2. The molecule has 1 unspecified atom stereocenters. The number of para-hydroxylation sites is 1. The van der Waals surface area contributed by atoms with Crippen LogP contribution in [0.2, 0.25) is 0 Å². The van der Waals surface area contributed by atoms with Crippen molar-refractivity contribution in [2.24, 2.45) is 0 Å². The molecule has 1 heterocycles. The number of carbonyl (C=O) groups is 1. The summed E-state index contributed by atoms with van der Waals surface area (Å²) < 4.78 is 33.3. The standard InChI is InChI=1S/C17H18N2O4S/c1-3-12-6-4-5-7-14(12)19-24(21,22)13-8-9-16-15(10-13)18-17(20)11(2)23-16/h4-11,19H,3H2,1-2H3,(H,18,20). The molecule has 0 saturated carbocycles. The van der Waals surface area contributed by atoms with Gasteiger partial charge in [0.2, 0.25) is 0 Å². The second kappa shape index (κ2) is 6.16. The Kier molecular flexibility index (Phi) is 4.19. The van der Waals surface area contributed by atoms with E-state index in [-0.39, 0.29) is 10.8 Å². The average Bonchev–Trinajstić information content (AvgIpc) is 2.55. The van der Waals surface area contributed by atoms with Gasteiger partial charge >= 0.3 is 0 Å². The first-order chi connectivity index (χ1) is 11.4. The average molecular weight is 346 g/mol. The molecule has 0 aliphatic carbocycles. The minimum Gasteiger partial charge on any atom is -0.479 e. The number of carbonyl (C=O) groups excluding carboxylic acids is 1. The predicted molar refractivity (Wildman–Crippen MR) is 91.8 cm³/mol. The maximum absolute atomic E-state index is 12.6. The molecular formula is C17H18N2O4S. The summed E-state index contributed by atoms with van der Waals surface area (Å²) in [5.74, 6) is 0.149. The summed E-state index contributed by atoms with van der Waals surface area (Å²) in [6.45, 7) is 3.59. The van der Waals surface area contributed by atoms with Gasteiger partial charge in [-0.15, -0.1) is 0 Å². The molecule has 7 heteroatoms. The summed E-state index contributed by atoms with van der Waals surface area (Å²) in [5, 5.41) is 2.65. The number of benzene rings is 2. The molecule has 126 valence electrons. The molecule has 1 aliphatic heterocycles. The van der Waals surface area contributed by atoms with E-state index in [0.717, 1.165) is 5.56 Å². The number of hydrogen-bond acceptors (Lipinski definition) is 4. The van der Waals surface area contributed by atoms with Gasteiger partial charge in [0.25, 0.3) is 15.9 Å². The first-order valence-electron chi connectivity index (χ1n) is 7.63. The Morgan fingerprint density at radius 3 is 2.71 bits per heavy atom. The minimum absolute atomic E-state index is 0.0607. The van der Waals surface area contributed by atoms with Crippen molar-refractivity contribution in [2.45, 2.75) is 31.3 Å². The van der Waals surface area contributed by atoms with E-state index in [2.05, 4.69) is 10.0 Å². The lowest BCUT2D eigenvalue weighted by molar-refractivity contribution is -0.122. The van der Waals surface area contributed by atoms with E-state index < -0.39 is 16.1 Å². The third-order valence-electron chi connectivity index (χ3n) is 3.83. The molecule has 0 saturated heterocycles. The molecule has 2 N–H and O–H groups in total. The van der Waals surface area contributed by atoms with Gasteiger partial charge < -0.3 is 10.1 Å². The van der Waals surface area contributed by atoms with Crippen molar-refractivity contribution >= 4 is 27.3 Å². The quantitative estimate of drug-likeness (QED) is 0.891. The lowest BCUT2D eigenvalue weighted by Gasteiger charge is -2.23. The van der Waals surface area contributed by atoms with Crippen LogP contribution in [0.3, 0.4) is 0 Å². The smallest absolute Gasteiger partial charge is 0.265 e. The zero-order valence-corrected chi connectivity index (χ0v) is 14.2. The van der Waals surface area contributed by atoms with Gasteiger partial charge in [0.1, 0.15) is 5.75 Å². The van der Waals surface area contributed by atoms with E-state index in [1.165, 1.54) is 12.1 Å². The highest BCUT2D eigenvalue weighted by atomic mass is 32.2. The first-order valence-corrected chi connectivity index (χ1v) is 9.11. The maximum atomic E-state index is 12.6. The molecule has 0 radical (unpaired) electrons. The summed E-state index contributed by atoms with van der Waals surface area (Å²) in [4.78, 5) is 11.8. The number of nitrogens with one attached hydrogen (secondary N) is 2. The summed E-state index contributed by atoms with van der Waals surface area (Å²) in [6.07, 6.45) is 0.111. The van der Waals surface area contributed by atoms with Crippen molar-refractivity contribution < 1.29 is 17.9 Å². The predicted octanol–water partition coefficient (Wildman–Crippen LogP) is 2.77. The van der Waals surface area contributed by atoms with Crippen molar-refractivity contribution in [2.75, 3.05) is 10.0 Å². The van der Waals surface area contributed by atoms with E-state index in [1.54, 1.807) is 25.1 Å². The van der Waals surface area contributed by atoms with Crippen molar-refractivity contribution in [3.63, 3.8) is 0 Å². The molecule has 2 aromatic carbocycles. The molecular weight excluding hydrogens is 328 g/mol. The molecule has 0 spiro atoms. The van der Waals surface area contributed by atoms with Crippen LogP contribution in [0.25, 0.3) is 0 Å². The van der Waals surface area contributed by atoms with Gasteiger partial charge in [-0.1, -0.05) is 25.1 Å².